The quantitative estimate of drug-likeness (QED) is 0.199. The van der Waals surface area contributed by atoms with Gasteiger partial charge in [-0.15, -0.1) is 0 Å². The largest absolute Gasteiger partial charge is 0.411 e. The van der Waals surface area contributed by atoms with Crippen molar-refractivity contribution >= 4 is 18.2 Å². The van der Waals surface area contributed by atoms with Gasteiger partial charge in [0.15, 0.2) is 12.9 Å². The minimum Gasteiger partial charge on any atom is -0.411 e. The van der Waals surface area contributed by atoms with Gasteiger partial charge in [-0.1, -0.05) is 10.3 Å². The van der Waals surface area contributed by atoms with Gasteiger partial charge in [-0.05, 0) is 6.92 Å². The smallest absolute Gasteiger partial charge is 0.167 e. The molecular weight excluding hydrogens is 136 g/mol. The van der Waals surface area contributed by atoms with E-state index < -0.39 is 0 Å². The standard InChI is InChI=1S/C5H8N2O3/c1-5(4-8)7-10-3-2-6-9/h2,4,9H,3H2,1H3/b6-2?,7-5+. The number of nitrogens with zero attached hydrogens (tertiary/aromatic N) is 2. The maximum Gasteiger partial charge on any atom is 0.167 e. The van der Waals surface area contributed by atoms with Crippen LogP contribution in [0.15, 0.2) is 10.3 Å². The van der Waals surface area contributed by atoms with Gasteiger partial charge in [-0.3, -0.25) is 4.79 Å². The van der Waals surface area contributed by atoms with Gasteiger partial charge in [0.1, 0.15) is 5.71 Å². The van der Waals surface area contributed by atoms with Crippen LogP contribution >= 0.6 is 0 Å². The maximum absolute atomic E-state index is 9.87. The van der Waals surface area contributed by atoms with Crippen molar-refractivity contribution < 1.29 is 14.8 Å². The summed E-state index contributed by atoms with van der Waals surface area (Å²) >= 11 is 0. The first-order valence-corrected chi connectivity index (χ1v) is 2.59. The van der Waals surface area contributed by atoms with Crippen molar-refractivity contribution in [2.75, 3.05) is 6.61 Å². The average molecular weight is 144 g/mol. The van der Waals surface area contributed by atoms with E-state index in [9.17, 15) is 4.79 Å². The van der Waals surface area contributed by atoms with Crippen molar-refractivity contribution in [2.45, 2.75) is 6.92 Å². The highest BCUT2D eigenvalue weighted by atomic mass is 16.6. The summed E-state index contributed by atoms with van der Waals surface area (Å²) < 4.78 is 0. The van der Waals surface area contributed by atoms with Crippen LogP contribution in [0.4, 0.5) is 0 Å². The first-order chi connectivity index (χ1) is 4.81. The summed E-state index contributed by atoms with van der Waals surface area (Å²) in [6.07, 6.45) is 1.68. The second-order valence-corrected chi connectivity index (χ2v) is 1.44. The lowest BCUT2D eigenvalue weighted by molar-refractivity contribution is -0.102. The van der Waals surface area contributed by atoms with Crippen LogP contribution in [0, 0.1) is 0 Å². The zero-order valence-electron chi connectivity index (χ0n) is 5.52. The molecule has 0 aromatic carbocycles. The topological polar surface area (TPSA) is 71.2 Å². The Morgan fingerprint density at radius 3 is 3.00 bits per heavy atom. The molecule has 0 aliphatic heterocycles. The third-order valence-electron chi connectivity index (χ3n) is 0.610. The molecule has 0 aliphatic rings. The summed E-state index contributed by atoms with van der Waals surface area (Å²) in [5.74, 6) is 0. The highest BCUT2D eigenvalue weighted by Crippen LogP contribution is 1.75. The third-order valence-corrected chi connectivity index (χ3v) is 0.610. The van der Waals surface area contributed by atoms with Gasteiger partial charge in [0, 0.05) is 0 Å². The second-order valence-electron chi connectivity index (χ2n) is 1.44. The van der Waals surface area contributed by atoms with Gasteiger partial charge in [0.2, 0.25) is 0 Å². The van der Waals surface area contributed by atoms with Crippen molar-refractivity contribution in [3.63, 3.8) is 0 Å². The van der Waals surface area contributed by atoms with E-state index in [2.05, 4.69) is 15.1 Å². The molecule has 0 saturated carbocycles. The average Bonchev–Trinajstić information content (AvgIpc) is 1.98. The van der Waals surface area contributed by atoms with Gasteiger partial charge in [0.25, 0.3) is 0 Å². The third kappa shape index (κ3) is 4.76. The summed E-state index contributed by atoms with van der Waals surface area (Å²) in [7, 11) is 0. The van der Waals surface area contributed by atoms with Gasteiger partial charge in [0.05, 0.1) is 6.21 Å². The van der Waals surface area contributed by atoms with E-state index in [-0.39, 0.29) is 12.3 Å². The Morgan fingerprint density at radius 1 is 1.80 bits per heavy atom. The number of carbonyl (C=O) groups excluding carboxylic acids is 1. The molecule has 0 aromatic rings. The SMILES string of the molecule is C/C(C=O)=N\OCC=NO. The fourth-order valence-electron chi connectivity index (χ4n) is 0.227. The van der Waals surface area contributed by atoms with E-state index in [4.69, 9.17) is 5.21 Å². The molecule has 0 radical (unpaired) electrons. The van der Waals surface area contributed by atoms with E-state index in [1.807, 2.05) is 0 Å². The van der Waals surface area contributed by atoms with Crippen molar-refractivity contribution in [3.8, 4) is 0 Å². The van der Waals surface area contributed by atoms with Gasteiger partial charge in [-0.25, -0.2) is 0 Å². The Balaban J connectivity index is 3.42. The van der Waals surface area contributed by atoms with Gasteiger partial charge < -0.3 is 10.0 Å². The fraction of sp³-hybridized carbons (Fsp3) is 0.400. The molecule has 0 aliphatic carbocycles. The van der Waals surface area contributed by atoms with Crippen LogP contribution in [0.2, 0.25) is 0 Å². The Hall–Kier alpha value is -1.39. The molecule has 0 bridgehead atoms. The van der Waals surface area contributed by atoms with Gasteiger partial charge in [-0.2, -0.15) is 0 Å². The molecule has 0 aromatic heterocycles. The normalized spacial score (nSPS) is 11.9. The number of rotatable bonds is 4. The molecule has 0 saturated heterocycles. The highest BCUT2D eigenvalue weighted by molar-refractivity contribution is 6.26. The van der Waals surface area contributed by atoms with Gasteiger partial charge >= 0.3 is 0 Å². The van der Waals surface area contributed by atoms with Crippen LogP contribution in [0.3, 0.4) is 0 Å². The minimum atomic E-state index is 0.0572. The van der Waals surface area contributed by atoms with Crippen molar-refractivity contribution in [1.29, 1.82) is 0 Å². The van der Waals surface area contributed by atoms with E-state index in [1.54, 1.807) is 0 Å². The molecule has 0 amide bonds. The number of oxime groups is 2. The van der Waals surface area contributed by atoms with E-state index in [0.717, 1.165) is 6.21 Å². The van der Waals surface area contributed by atoms with E-state index >= 15 is 0 Å². The Kier molecular flexibility index (Phi) is 4.94. The summed E-state index contributed by atoms with van der Waals surface area (Å²) in [5.41, 5.74) is 0.242. The van der Waals surface area contributed by atoms with Crippen molar-refractivity contribution in [1.82, 2.24) is 0 Å². The maximum atomic E-state index is 9.87. The number of carbonyl (C=O) groups is 1. The Bertz CT molecular complexity index is 153. The molecule has 5 nitrogen and oxygen atoms in total. The van der Waals surface area contributed by atoms with E-state index in [1.165, 1.54) is 6.92 Å². The predicted octanol–water partition coefficient (Wildman–Crippen LogP) is 0.0378. The van der Waals surface area contributed by atoms with Crippen molar-refractivity contribution in [2.24, 2.45) is 10.3 Å². The highest BCUT2D eigenvalue weighted by Gasteiger charge is 1.83. The molecule has 0 heterocycles. The van der Waals surface area contributed by atoms with Crippen LogP contribution in [0.25, 0.3) is 0 Å². The summed E-state index contributed by atoms with van der Waals surface area (Å²) in [6, 6.07) is 0. The molecule has 56 valence electrons. The lowest BCUT2D eigenvalue weighted by atomic mass is 10.5. The minimum absolute atomic E-state index is 0.0572. The molecule has 0 rings (SSSR count). The van der Waals surface area contributed by atoms with Crippen LogP contribution in [0.5, 0.6) is 0 Å². The zero-order chi connectivity index (χ0) is 7.82. The Labute approximate surface area is 58.0 Å². The zero-order valence-corrected chi connectivity index (χ0v) is 5.52. The number of hydrogen-bond acceptors (Lipinski definition) is 5. The second kappa shape index (κ2) is 5.74. The summed E-state index contributed by atoms with van der Waals surface area (Å²) in [6.45, 7) is 1.56. The molecule has 10 heavy (non-hydrogen) atoms. The molecule has 5 heteroatoms. The molecule has 0 atom stereocenters. The first-order valence-electron chi connectivity index (χ1n) is 2.59. The summed E-state index contributed by atoms with van der Waals surface area (Å²) in [4.78, 5) is 14.3. The predicted molar refractivity (Wildman–Crippen MR) is 35.4 cm³/mol. The molecule has 0 unspecified atom stereocenters. The van der Waals surface area contributed by atoms with Crippen LogP contribution in [0.1, 0.15) is 6.92 Å². The molecule has 0 spiro atoms. The van der Waals surface area contributed by atoms with Crippen LogP contribution in [-0.2, 0) is 9.63 Å². The molecule has 0 fully saturated rings. The van der Waals surface area contributed by atoms with Crippen molar-refractivity contribution in [3.05, 3.63) is 0 Å². The molecule has 1 N–H and O–H groups in total. The molecular formula is C5H8N2O3. The number of aldehydes is 1. The first kappa shape index (κ1) is 8.61. The summed E-state index contributed by atoms with van der Waals surface area (Å²) in [5, 5.41) is 13.8. The number of hydrogen-bond donors (Lipinski definition) is 1. The lowest BCUT2D eigenvalue weighted by Gasteiger charge is -1.90. The fourth-order valence-corrected chi connectivity index (χ4v) is 0.227. The van der Waals surface area contributed by atoms with Crippen LogP contribution in [-0.4, -0.2) is 30.0 Å². The van der Waals surface area contributed by atoms with Crippen LogP contribution < -0.4 is 0 Å². The monoisotopic (exact) mass is 144 g/mol. The lowest BCUT2D eigenvalue weighted by Crippen LogP contribution is -1.95. The Morgan fingerprint density at radius 2 is 2.50 bits per heavy atom. The van der Waals surface area contributed by atoms with E-state index in [0.29, 0.717) is 6.29 Å².